The van der Waals surface area contributed by atoms with Crippen molar-refractivity contribution in [1.29, 1.82) is 0 Å². The van der Waals surface area contributed by atoms with Crippen molar-refractivity contribution in [3.05, 3.63) is 24.0 Å². The van der Waals surface area contributed by atoms with Gasteiger partial charge in [-0.15, -0.1) is 0 Å². The fraction of sp³-hybridized carbons (Fsp3) is 0.667. The molecule has 0 bridgehead atoms. The van der Waals surface area contributed by atoms with Crippen LogP contribution in [0.5, 0.6) is 0 Å². The van der Waals surface area contributed by atoms with Crippen LogP contribution in [0.15, 0.2) is 18.3 Å². The fourth-order valence-electron chi connectivity index (χ4n) is 1.68. The van der Waals surface area contributed by atoms with E-state index in [4.69, 9.17) is 0 Å². The van der Waals surface area contributed by atoms with Gasteiger partial charge in [-0.3, -0.25) is 4.98 Å². The molecule has 18 heavy (non-hydrogen) atoms. The monoisotopic (exact) mass is 249 g/mol. The van der Waals surface area contributed by atoms with E-state index < -0.39 is 0 Å². The Kier molecular flexibility index (Phi) is 5.60. The first kappa shape index (κ1) is 15.0. The molecular weight excluding hydrogens is 222 g/mol. The van der Waals surface area contributed by atoms with E-state index in [1.54, 1.807) is 0 Å². The predicted molar refractivity (Wildman–Crippen MR) is 79.0 cm³/mol. The van der Waals surface area contributed by atoms with Gasteiger partial charge in [-0.25, -0.2) is 0 Å². The lowest BCUT2D eigenvalue weighted by Crippen LogP contribution is -2.35. The van der Waals surface area contributed by atoms with Crippen LogP contribution in [-0.4, -0.2) is 24.1 Å². The molecule has 0 amide bonds. The minimum Gasteiger partial charge on any atom is -0.375 e. The molecular formula is C15H27N3. The molecule has 0 saturated heterocycles. The molecule has 1 heterocycles. The average Bonchev–Trinajstić information content (AvgIpc) is 2.33. The first-order chi connectivity index (χ1) is 8.42. The van der Waals surface area contributed by atoms with E-state index in [0.29, 0.717) is 0 Å². The molecule has 0 radical (unpaired) electrons. The summed E-state index contributed by atoms with van der Waals surface area (Å²) >= 11 is 0. The van der Waals surface area contributed by atoms with Gasteiger partial charge in [0.25, 0.3) is 0 Å². The molecule has 0 unspecified atom stereocenters. The van der Waals surface area contributed by atoms with E-state index in [-0.39, 0.29) is 5.54 Å². The second kappa shape index (κ2) is 6.74. The third-order valence-corrected chi connectivity index (χ3v) is 2.89. The zero-order chi connectivity index (χ0) is 13.6. The van der Waals surface area contributed by atoms with Gasteiger partial charge < -0.3 is 10.2 Å². The van der Waals surface area contributed by atoms with Crippen molar-refractivity contribution in [2.75, 3.05) is 18.5 Å². The molecule has 1 N–H and O–H groups in total. The van der Waals surface area contributed by atoms with Gasteiger partial charge in [-0.2, -0.15) is 0 Å². The number of hydrogen-bond donors (Lipinski definition) is 1. The summed E-state index contributed by atoms with van der Waals surface area (Å²) in [6, 6.07) is 4.25. The van der Waals surface area contributed by atoms with Crippen molar-refractivity contribution in [1.82, 2.24) is 10.3 Å². The molecule has 0 saturated carbocycles. The molecule has 0 aliphatic heterocycles. The Labute approximate surface area is 112 Å². The Morgan fingerprint density at radius 2 is 2.06 bits per heavy atom. The maximum atomic E-state index is 4.42. The number of anilines is 1. The predicted octanol–water partition coefficient (Wildman–Crippen LogP) is 3.21. The second-order valence-corrected chi connectivity index (χ2v) is 5.88. The van der Waals surface area contributed by atoms with Crippen molar-refractivity contribution in [2.45, 2.75) is 52.6 Å². The zero-order valence-corrected chi connectivity index (χ0v) is 12.5. The van der Waals surface area contributed by atoms with Gasteiger partial charge in [-0.05, 0) is 39.3 Å². The Hall–Kier alpha value is -1.09. The highest BCUT2D eigenvalue weighted by atomic mass is 15.1. The lowest BCUT2D eigenvalue weighted by Gasteiger charge is -2.22. The molecule has 102 valence electrons. The number of nitrogens with one attached hydrogen (secondary N) is 1. The summed E-state index contributed by atoms with van der Waals surface area (Å²) in [5, 5.41) is 3.47. The summed E-state index contributed by atoms with van der Waals surface area (Å²) in [7, 11) is 2.14. The molecule has 0 fully saturated rings. The van der Waals surface area contributed by atoms with E-state index >= 15 is 0 Å². The number of hydrogen-bond acceptors (Lipinski definition) is 3. The van der Waals surface area contributed by atoms with Gasteiger partial charge in [0.1, 0.15) is 0 Å². The summed E-state index contributed by atoms with van der Waals surface area (Å²) in [6.45, 7) is 10.7. The molecule has 0 aromatic carbocycles. The van der Waals surface area contributed by atoms with Crippen molar-refractivity contribution >= 4 is 5.69 Å². The minimum atomic E-state index is 0.131. The van der Waals surface area contributed by atoms with Crippen LogP contribution in [0, 0.1) is 0 Å². The van der Waals surface area contributed by atoms with E-state index in [9.17, 15) is 0 Å². The third kappa shape index (κ3) is 5.50. The van der Waals surface area contributed by atoms with E-state index in [1.165, 1.54) is 18.5 Å². The summed E-state index contributed by atoms with van der Waals surface area (Å²) in [5.41, 5.74) is 2.49. The number of pyridine rings is 1. The lowest BCUT2D eigenvalue weighted by atomic mass is 10.1. The standard InChI is InChI=1S/C15H27N3/c1-6-7-10-18(5)14-8-9-16-13(11-14)12-17-15(2,3)4/h8-9,11,17H,6-7,10,12H2,1-5H3. The molecule has 0 spiro atoms. The normalized spacial score (nSPS) is 11.6. The summed E-state index contributed by atoms with van der Waals surface area (Å²) < 4.78 is 0. The van der Waals surface area contributed by atoms with Crippen molar-refractivity contribution < 1.29 is 0 Å². The van der Waals surface area contributed by atoms with Crippen LogP contribution in [0.25, 0.3) is 0 Å². The first-order valence-corrected chi connectivity index (χ1v) is 6.83. The Balaban J connectivity index is 2.61. The molecule has 0 aliphatic rings. The topological polar surface area (TPSA) is 28.2 Å². The van der Waals surface area contributed by atoms with Gasteiger partial charge in [0.2, 0.25) is 0 Å². The third-order valence-electron chi connectivity index (χ3n) is 2.89. The van der Waals surface area contributed by atoms with Crippen molar-refractivity contribution in [3.8, 4) is 0 Å². The van der Waals surface area contributed by atoms with Gasteiger partial charge in [0, 0.05) is 37.6 Å². The van der Waals surface area contributed by atoms with Gasteiger partial charge in [0.05, 0.1) is 5.69 Å². The summed E-state index contributed by atoms with van der Waals surface area (Å²) in [6.07, 6.45) is 4.36. The van der Waals surface area contributed by atoms with Crippen molar-refractivity contribution in [2.24, 2.45) is 0 Å². The van der Waals surface area contributed by atoms with Crippen molar-refractivity contribution in [3.63, 3.8) is 0 Å². The van der Waals surface area contributed by atoms with Crippen LogP contribution < -0.4 is 10.2 Å². The molecule has 1 aromatic heterocycles. The highest BCUT2D eigenvalue weighted by Gasteiger charge is 2.09. The van der Waals surface area contributed by atoms with Crippen LogP contribution in [0.3, 0.4) is 0 Å². The van der Waals surface area contributed by atoms with Gasteiger partial charge >= 0.3 is 0 Å². The Morgan fingerprint density at radius 1 is 1.33 bits per heavy atom. The zero-order valence-electron chi connectivity index (χ0n) is 12.5. The average molecular weight is 249 g/mol. The minimum absolute atomic E-state index is 0.131. The number of unbranched alkanes of at least 4 members (excludes halogenated alkanes) is 1. The fourth-order valence-corrected chi connectivity index (χ4v) is 1.68. The van der Waals surface area contributed by atoms with Crippen LogP contribution in [0.4, 0.5) is 5.69 Å². The number of rotatable bonds is 6. The van der Waals surface area contributed by atoms with Gasteiger partial charge in [0.15, 0.2) is 0 Å². The largest absolute Gasteiger partial charge is 0.375 e. The number of nitrogens with zero attached hydrogens (tertiary/aromatic N) is 2. The lowest BCUT2D eigenvalue weighted by molar-refractivity contribution is 0.421. The Bertz CT molecular complexity index is 355. The maximum Gasteiger partial charge on any atom is 0.0562 e. The molecule has 1 rings (SSSR count). The molecule has 0 atom stereocenters. The SMILES string of the molecule is CCCCN(C)c1ccnc(CNC(C)(C)C)c1. The van der Waals surface area contributed by atoms with E-state index in [0.717, 1.165) is 18.8 Å². The quantitative estimate of drug-likeness (QED) is 0.839. The second-order valence-electron chi connectivity index (χ2n) is 5.88. The van der Waals surface area contributed by atoms with Crippen LogP contribution in [0.1, 0.15) is 46.2 Å². The van der Waals surface area contributed by atoms with Crippen LogP contribution in [-0.2, 0) is 6.54 Å². The van der Waals surface area contributed by atoms with Crippen LogP contribution >= 0.6 is 0 Å². The molecule has 0 aliphatic carbocycles. The van der Waals surface area contributed by atoms with E-state index in [1.807, 2.05) is 6.20 Å². The number of aromatic nitrogens is 1. The smallest absolute Gasteiger partial charge is 0.0562 e. The summed E-state index contributed by atoms with van der Waals surface area (Å²) in [5.74, 6) is 0. The maximum absolute atomic E-state index is 4.42. The van der Waals surface area contributed by atoms with Gasteiger partial charge in [-0.1, -0.05) is 13.3 Å². The molecule has 3 nitrogen and oxygen atoms in total. The first-order valence-electron chi connectivity index (χ1n) is 6.83. The highest BCUT2D eigenvalue weighted by molar-refractivity contribution is 5.45. The molecule has 1 aromatic rings. The Morgan fingerprint density at radius 3 is 2.67 bits per heavy atom. The van der Waals surface area contributed by atoms with Crippen LogP contribution in [0.2, 0.25) is 0 Å². The molecule has 3 heteroatoms. The summed E-state index contributed by atoms with van der Waals surface area (Å²) in [4.78, 5) is 6.71. The van der Waals surface area contributed by atoms with E-state index in [2.05, 4.69) is 62.1 Å². The highest BCUT2D eigenvalue weighted by Crippen LogP contribution is 2.14.